The number of nitrogens with zero attached hydrogens (tertiary/aromatic N) is 1. The minimum atomic E-state index is -0.577. The van der Waals surface area contributed by atoms with E-state index in [1.807, 2.05) is 51.1 Å². The van der Waals surface area contributed by atoms with Crippen LogP contribution >= 0.6 is 0 Å². The van der Waals surface area contributed by atoms with E-state index in [9.17, 15) is 9.90 Å². The van der Waals surface area contributed by atoms with E-state index in [0.29, 0.717) is 0 Å². The van der Waals surface area contributed by atoms with Crippen LogP contribution in [0, 0.1) is 5.41 Å². The van der Waals surface area contributed by atoms with Crippen molar-refractivity contribution in [2.24, 2.45) is 5.41 Å². The molecule has 4 heteroatoms. The molecule has 0 radical (unpaired) electrons. The Kier molecular flexibility index (Phi) is 4.93. The van der Waals surface area contributed by atoms with E-state index < -0.39 is 6.10 Å². The van der Waals surface area contributed by atoms with Crippen LogP contribution in [0.5, 0.6) is 0 Å². The lowest BCUT2D eigenvalue weighted by atomic mass is 9.89. The van der Waals surface area contributed by atoms with Crippen molar-refractivity contribution in [1.82, 2.24) is 10.3 Å². The molecule has 0 fully saturated rings. The molecule has 2 N–H and O–H groups in total. The summed E-state index contributed by atoms with van der Waals surface area (Å²) in [5.41, 5.74) is 1.59. The number of nitrogens with one attached hydrogen (secondary N) is 1. The van der Waals surface area contributed by atoms with Crippen LogP contribution in [0.1, 0.15) is 26.3 Å². The molecule has 2 aromatic rings. The molecule has 1 aromatic carbocycles. The van der Waals surface area contributed by atoms with Gasteiger partial charge in [-0.25, -0.2) is 0 Å². The van der Waals surface area contributed by atoms with Crippen molar-refractivity contribution in [1.29, 1.82) is 0 Å². The molecular formula is C18H22N2O2. The van der Waals surface area contributed by atoms with Gasteiger partial charge in [0.05, 0.1) is 11.6 Å². The number of pyridine rings is 1. The Morgan fingerprint density at radius 1 is 1.32 bits per heavy atom. The summed E-state index contributed by atoms with van der Waals surface area (Å²) in [5.74, 6) is -0.218. The van der Waals surface area contributed by atoms with Gasteiger partial charge in [0, 0.05) is 24.2 Å². The monoisotopic (exact) mass is 298 g/mol. The Bertz CT molecular complexity index is 682. The number of carbonyl (C=O) groups is 1. The van der Waals surface area contributed by atoms with Crippen LogP contribution < -0.4 is 5.32 Å². The number of aliphatic hydroxyl groups excluding tert-OH is 1. The van der Waals surface area contributed by atoms with E-state index in [1.54, 1.807) is 12.3 Å². The molecule has 1 unspecified atom stereocenters. The van der Waals surface area contributed by atoms with Crippen molar-refractivity contribution >= 4 is 22.9 Å². The van der Waals surface area contributed by atoms with Gasteiger partial charge in [-0.3, -0.25) is 9.78 Å². The first-order valence-corrected chi connectivity index (χ1v) is 7.35. The summed E-state index contributed by atoms with van der Waals surface area (Å²) >= 11 is 0. The van der Waals surface area contributed by atoms with Crippen molar-refractivity contribution in [3.63, 3.8) is 0 Å². The second-order valence-electron chi connectivity index (χ2n) is 6.38. The summed E-state index contributed by atoms with van der Waals surface area (Å²) in [7, 11) is 0. The van der Waals surface area contributed by atoms with E-state index in [2.05, 4.69) is 10.3 Å². The van der Waals surface area contributed by atoms with Crippen molar-refractivity contribution in [3.05, 3.63) is 48.2 Å². The standard InChI is InChI=1S/C18H22N2O2/c1-18(2,3)16(21)12-20-17(22)9-8-13-10-11-19-15-7-5-4-6-14(13)15/h4-11,16,21H,12H2,1-3H3,(H,20,22)/b9-8+. The predicted molar refractivity (Wildman–Crippen MR) is 89.2 cm³/mol. The SMILES string of the molecule is CC(C)(C)C(O)CNC(=O)/C=C/c1ccnc2ccccc12. The van der Waals surface area contributed by atoms with Crippen molar-refractivity contribution in [2.45, 2.75) is 26.9 Å². The maximum absolute atomic E-state index is 11.9. The minimum absolute atomic E-state index is 0.218. The number of para-hydroxylation sites is 1. The number of hydrogen-bond acceptors (Lipinski definition) is 3. The summed E-state index contributed by atoms with van der Waals surface area (Å²) in [5, 5.41) is 13.6. The number of aromatic nitrogens is 1. The van der Waals surface area contributed by atoms with Crippen LogP contribution in [-0.4, -0.2) is 28.6 Å². The Balaban J connectivity index is 2.03. The molecular weight excluding hydrogens is 276 g/mol. The minimum Gasteiger partial charge on any atom is -0.391 e. The van der Waals surface area contributed by atoms with Crippen molar-refractivity contribution in [3.8, 4) is 0 Å². The van der Waals surface area contributed by atoms with E-state index in [0.717, 1.165) is 16.5 Å². The molecule has 22 heavy (non-hydrogen) atoms. The largest absolute Gasteiger partial charge is 0.391 e. The maximum atomic E-state index is 11.9. The van der Waals surface area contributed by atoms with Crippen LogP contribution in [-0.2, 0) is 4.79 Å². The fourth-order valence-corrected chi connectivity index (χ4v) is 1.99. The van der Waals surface area contributed by atoms with E-state index in [1.165, 1.54) is 6.08 Å². The highest BCUT2D eigenvalue weighted by Crippen LogP contribution is 2.18. The predicted octanol–water partition coefficient (Wildman–Crippen LogP) is 2.77. The van der Waals surface area contributed by atoms with Crippen molar-refractivity contribution in [2.75, 3.05) is 6.54 Å². The Morgan fingerprint density at radius 2 is 2.05 bits per heavy atom. The lowest BCUT2D eigenvalue weighted by molar-refractivity contribution is -0.117. The number of fused-ring (bicyclic) bond motifs is 1. The zero-order valence-electron chi connectivity index (χ0n) is 13.2. The average molecular weight is 298 g/mol. The number of amides is 1. The molecule has 0 saturated carbocycles. The van der Waals surface area contributed by atoms with Gasteiger partial charge in [0.15, 0.2) is 0 Å². The number of aliphatic hydroxyl groups is 1. The third kappa shape index (κ3) is 4.15. The highest BCUT2D eigenvalue weighted by Gasteiger charge is 2.21. The lowest BCUT2D eigenvalue weighted by Gasteiger charge is -2.25. The first kappa shape index (κ1) is 16.2. The smallest absolute Gasteiger partial charge is 0.244 e. The molecule has 4 nitrogen and oxygen atoms in total. The molecule has 0 saturated heterocycles. The Labute approximate surface area is 130 Å². The summed E-state index contributed by atoms with van der Waals surface area (Å²) < 4.78 is 0. The number of rotatable bonds is 4. The van der Waals surface area contributed by atoms with Crippen LogP contribution in [0.15, 0.2) is 42.6 Å². The second-order valence-corrected chi connectivity index (χ2v) is 6.38. The average Bonchev–Trinajstić information content (AvgIpc) is 2.49. The van der Waals surface area contributed by atoms with Gasteiger partial charge >= 0.3 is 0 Å². The highest BCUT2D eigenvalue weighted by molar-refractivity contribution is 5.95. The summed E-state index contributed by atoms with van der Waals surface area (Å²) in [6.45, 7) is 6.04. The third-order valence-corrected chi connectivity index (χ3v) is 3.57. The second kappa shape index (κ2) is 6.71. The normalized spacial score (nSPS) is 13.5. The highest BCUT2D eigenvalue weighted by atomic mass is 16.3. The molecule has 0 aliphatic rings. The van der Waals surface area contributed by atoms with Crippen LogP contribution in [0.4, 0.5) is 0 Å². The number of carbonyl (C=O) groups excluding carboxylic acids is 1. The van der Waals surface area contributed by atoms with E-state index in [-0.39, 0.29) is 17.9 Å². The zero-order chi connectivity index (χ0) is 16.2. The topological polar surface area (TPSA) is 62.2 Å². The van der Waals surface area contributed by atoms with Gasteiger partial charge in [0.2, 0.25) is 5.91 Å². The van der Waals surface area contributed by atoms with Crippen LogP contribution in [0.3, 0.4) is 0 Å². The first-order valence-electron chi connectivity index (χ1n) is 7.35. The van der Waals surface area contributed by atoms with E-state index >= 15 is 0 Å². The molecule has 1 aromatic heterocycles. The molecule has 1 amide bonds. The number of benzene rings is 1. The first-order chi connectivity index (χ1) is 10.4. The Hall–Kier alpha value is -2.20. The Morgan fingerprint density at radius 3 is 2.77 bits per heavy atom. The van der Waals surface area contributed by atoms with Gasteiger partial charge in [0.25, 0.3) is 0 Å². The zero-order valence-corrected chi connectivity index (χ0v) is 13.2. The molecule has 116 valence electrons. The van der Waals surface area contributed by atoms with Gasteiger partial charge in [-0.15, -0.1) is 0 Å². The fourth-order valence-electron chi connectivity index (χ4n) is 1.99. The van der Waals surface area contributed by atoms with E-state index in [4.69, 9.17) is 0 Å². The molecule has 0 aliphatic carbocycles. The molecule has 1 atom stereocenters. The third-order valence-electron chi connectivity index (χ3n) is 3.57. The molecule has 0 spiro atoms. The summed E-state index contributed by atoms with van der Waals surface area (Å²) in [6.07, 6.45) is 4.40. The molecule has 1 heterocycles. The van der Waals surface area contributed by atoms with Gasteiger partial charge in [-0.1, -0.05) is 39.0 Å². The molecule has 2 rings (SSSR count). The molecule has 0 aliphatic heterocycles. The fraction of sp³-hybridized carbons (Fsp3) is 0.333. The van der Waals surface area contributed by atoms with Gasteiger partial charge in [0.1, 0.15) is 0 Å². The van der Waals surface area contributed by atoms with Gasteiger partial charge in [-0.05, 0) is 29.2 Å². The lowest BCUT2D eigenvalue weighted by Crippen LogP contribution is -2.38. The summed E-state index contributed by atoms with van der Waals surface area (Å²) in [4.78, 5) is 16.1. The quantitative estimate of drug-likeness (QED) is 0.853. The summed E-state index contributed by atoms with van der Waals surface area (Å²) in [6, 6.07) is 9.66. The van der Waals surface area contributed by atoms with Crippen LogP contribution in [0.25, 0.3) is 17.0 Å². The van der Waals surface area contributed by atoms with Gasteiger partial charge in [-0.2, -0.15) is 0 Å². The van der Waals surface area contributed by atoms with Gasteiger partial charge < -0.3 is 10.4 Å². The van der Waals surface area contributed by atoms with Crippen molar-refractivity contribution < 1.29 is 9.90 Å². The van der Waals surface area contributed by atoms with Crippen LogP contribution in [0.2, 0.25) is 0 Å². The number of hydrogen-bond donors (Lipinski definition) is 2. The maximum Gasteiger partial charge on any atom is 0.244 e. The molecule has 0 bridgehead atoms.